The third kappa shape index (κ3) is 4.23. The number of fused-ring (bicyclic) bond motifs is 1. The standard InChI is InChI=1S/C27H31N5O2/c1-20(33)29-27-17-30(2)25(22-8-4-3-5-9-22)24(27)11-13-32(18-27)26(34)23-10-6-7-21(15-23)16-31-14-12-28-19-31/h3-10,12,14-15,19,24-25H,11,13,16-18H2,1-2H3,(H,29,33)/t24-,25-,27+/m1/s1. The predicted octanol–water partition coefficient (Wildman–Crippen LogP) is 2.96. The first-order valence-electron chi connectivity index (χ1n) is 11.8. The number of benzene rings is 2. The van der Waals surface area contributed by atoms with E-state index in [1.165, 1.54) is 5.56 Å². The summed E-state index contributed by atoms with van der Waals surface area (Å²) in [7, 11) is 2.12. The van der Waals surface area contributed by atoms with Crippen molar-refractivity contribution in [3.63, 3.8) is 0 Å². The summed E-state index contributed by atoms with van der Waals surface area (Å²) in [4.78, 5) is 34.2. The van der Waals surface area contributed by atoms with Gasteiger partial charge in [-0.15, -0.1) is 0 Å². The van der Waals surface area contributed by atoms with Gasteiger partial charge in [-0.3, -0.25) is 14.5 Å². The van der Waals surface area contributed by atoms with E-state index in [1.807, 2.05) is 46.0 Å². The zero-order chi connectivity index (χ0) is 23.7. The summed E-state index contributed by atoms with van der Waals surface area (Å²) in [5, 5.41) is 3.28. The Hall–Kier alpha value is -3.45. The van der Waals surface area contributed by atoms with Crippen LogP contribution in [-0.4, -0.2) is 63.4 Å². The summed E-state index contributed by atoms with van der Waals surface area (Å²) in [5.41, 5.74) is 2.53. The van der Waals surface area contributed by atoms with E-state index in [0.717, 1.165) is 12.0 Å². The first-order valence-corrected chi connectivity index (χ1v) is 11.8. The monoisotopic (exact) mass is 457 g/mol. The molecule has 7 heteroatoms. The fourth-order valence-electron chi connectivity index (χ4n) is 6.00. The molecular weight excluding hydrogens is 426 g/mol. The van der Waals surface area contributed by atoms with Crippen molar-refractivity contribution < 1.29 is 9.59 Å². The predicted molar refractivity (Wildman–Crippen MR) is 130 cm³/mol. The first kappa shape index (κ1) is 22.3. The number of nitrogens with one attached hydrogen (secondary N) is 1. The third-order valence-electron chi connectivity index (χ3n) is 7.23. The minimum absolute atomic E-state index is 0.0153. The van der Waals surface area contributed by atoms with Crippen molar-refractivity contribution in [2.45, 2.75) is 31.5 Å². The van der Waals surface area contributed by atoms with Crippen LogP contribution in [0.3, 0.4) is 0 Å². The van der Waals surface area contributed by atoms with Crippen LogP contribution in [0.4, 0.5) is 0 Å². The second kappa shape index (κ2) is 9.06. The molecule has 2 fully saturated rings. The first-order chi connectivity index (χ1) is 16.4. The topological polar surface area (TPSA) is 70.5 Å². The number of carbonyl (C=O) groups is 2. The van der Waals surface area contributed by atoms with Crippen LogP contribution in [0.2, 0.25) is 0 Å². The Bertz CT molecular complexity index is 1160. The molecule has 1 N–H and O–H groups in total. The number of likely N-dealkylation sites (tertiary alicyclic amines) is 2. The van der Waals surface area contributed by atoms with E-state index in [2.05, 4.69) is 46.5 Å². The van der Waals surface area contributed by atoms with E-state index in [-0.39, 0.29) is 23.8 Å². The molecule has 5 rings (SSSR count). The van der Waals surface area contributed by atoms with E-state index in [4.69, 9.17) is 0 Å². The average Bonchev–Trinajstić information content (AvgIpc) is 3.43. The van der Waals surface area contributed by atoms with Gasteiger partial charge >= 0.3 is 0 Å². The summed E-state index contributed by atoms with van der Waals surface area (Å²) in [6.07, 6.45) is 6.28. The maximum Gasteiger partial charge on any atom is 0.253 e. The van der Waals surface area contributed by atoms with Crippen LogP contribution >= 0.6 is 0 Å². The summed E-state index contributed by atoms with van der Waals surface area (Å²) in [5.74, 6) is 0.200. The van der Waals surface area contributed by atoms with E-state index in [9.17, 15) is 9.59 Å². The quantitative estimate of drug-likeness (QED) is 0.640. The average molecular weight is 458 g/mol. The molecule has 34 heavy (non-hydrogen) atoms. The number of carbonyl (C=O) groups excluding carboxylic acids is 2. The maximum atomic E-state index is 13.6. The van der Waals surface area contributed by atoms with Gasteiger partial charge in [0.05, 0.1) is 11.9 Å². The number of likely N-dealkylation sites (N-methyl/N-ethyl adjacent to an activating group) is 1. The Labute approximate surface area is 200 Å². The minimum Gasteiger partial charge on any atom is -0.347 e. The zero-order valence-corrected chi connectivity index (χ0v) is 19.7. The highest BCUT2D eigenvalue weighted by atomic mass is 16.2. The van der Waals surface area contributed by atoms with Crippen LogP contribution in [0, 0.1) is 5.92 Å². The molecule has 2 aliphatic rings. The van der Waals surface area contributed by atoms with Gasteiger partial charge in [0, 0.05) is 63.0 Å². The maximum absolute atomic E-state index is 13.6. The SMILES string of the molecule is CC(=O)N[C@@]12CN(C(=O)c3cccc(Cn4ccnc4)c3)CC[C@@H]1[C@@H](c1ccccc1)N(C)C2. The Morgan fingerprint density at radius 3 is 2.68 bits per heavy atom. The minimum atomic E-state index is -0.469. The van der Waals surface area contributed by atoms with Gasteiger partial charge in [-0.05, 0) is 36.7 Å². The Morgan fingerprint density at radius 2 is 1.94 bits per heavy atom. The fourth-order valence-corrected chi connectivity index (χ4v) is 6.00. The highest BCUT2D eigenvalue weighted by Crippen LogP contribution is 2.46. The van der Waals surface area contributed by atoms with Crippen LogP contribution < -0.4 is 5.32 Å². The van der Waals surface area contributed by atoms with Crippen LogP contribution in [0.5, 0.6) is 0 Å². The van der Waals surface area contributed by atoms with Crippen LogP contribution in [-0.2, 0) is 11.3 Å². The normalized spacial score (nSPS) is 24.6. The van der Waals surface area contributed by atoms with Gasteiger partial charge in [0.1, 0.15) is 0 Å². The number of hydrogen-bond donors (Lipinski definition) is 1. The lowest BCUT2D eigenvalue weighted by Crippen LogP contribution is -2.64. The number of hydrogen-bond acceptors (Lipinski definition) is 4. The lowest BCUT2D eigenvalue weighted by atomic mass is 9.75. The molecule has 176 valence electrons. The van der Waals surface area contributed by atoms with E-state index in [1.54, 1.807) is 19.4 Å². The Morgan fingerprint density at radius 1 is 1.12 bits per heavy atom. The molecule has 7 nitrogen and oxygen atoms in total. The van der Waals surface area contributed by atoms with E-state index < -0.39 is 5.54 Å². The van der Waals surface area contributed by atoms with Crippen molar-refractivity contribution in [3.8, 4) is 0 Å². The zero-order valence-electron chi connectivity index (χ0n) is 19.7. The molecule has 2 amide bonds. The summed E-state index contributed by atoms with van der Waals surface area (Å²) in [6, 6.07) is 18.5. The van der Waals surface area contributed by atoms with Gasteiger partial charge < -0.3 is 14.8 Å². The van der Waals surface area contributed by atoms with Gasteiger partial charge in [0.25, 0.3) is 5.91 Å². The Balaban J connectivity index is 1.39. The number of nitrogens with zero attached hydrogens (tertiary/aromatic N) is 4. The van der Waals surface area contributed by atoms with Crippen molar-refractivity contribution in [2.24, 2.45) is 5.92 Å². The summed E-state index contributed by atoms with van der Waals surface area (Å²) in [6.45, 7) is 4.13. The smallest absolute Gasteiger partial charge is 0.253 e. The highest BCUT2D eigenvalue weighted by molar-refractivity contribution is 5.94. The van der Waals surface area contributed by atoms with Crippen molar-refractivity contribution in [3.05, 3.63) is 90.0 Å². The van der Waals surface area contributed by atoms with Crippen molar-refractivity contribution in [2.75, 3.05) is 26.7 Å². The van der Waals surface area contributed by atoms with Gasteiger partial charge in [-0.2, -0.15) is 0 Å². The van der Waals surface area contributed by atoms with Crippen molar-refractivity contribution >= 4 is 11.8 Å². The van der Waals surface area contributed by atoms with Gasteiger partial charge in [0.15, 0.2) is 0 Å². The van der Waals surface area contributed by atoms with E-state index >= 15 is 0 Å². The molecule has 1 aromatic heterocycles. The molecule has 3 heterocycles. The third-order valence-corrected chi connectivity index (χ3v) is 7.23. The van der Waals surface area contributed by atoms with Crippen LogP contribution in [0.1, 0.15) is 40.9 Å². The van der Waals surface area contributed by atoms with Gasteiger partial charge in [0.2, 0.25) is 5.91 Å². The Kier molecular flexibility index (Phi) is 5.96. The second-order valence-electron chi connectivity index (χ2n) is 9.67. The molecule has 0 spiro atoms. The largest absolute Gasteiger partial charge is 0.347 e. The second-order valence-corrected chi connectivity index (χ2v) is 9.67. The van der Waals surface area contributed by atoms with E-state index in [0.29, 0.717) is 31.7 Å². The summed E-state index contributed by atoms with van der Waals surface area (Å²) >= 11 is 0. The molecule has 3 aromatic rings. The number of rotatable bonds is 5. The van der Waals surface area contributed by atoms with Crippen molar-refractivity contribution in [1.29, 1.82) is 0 Å². The van der Waals surface area contributed by atoms with Crippen LogP contribution in [0.25, 0.3) is 0 Å². The molecule has 2 saturated heterocycles. The molecule has 2 aliphatic heterocycles. The molecule has 0 unspecified atom stereocenters. The summed E-state index contributed by atoms with van der Waals surface area (Å²) < 4.78 is 1.99. The number of imidazole rings is 1. The lowest BCUT2D eigenvalue weighted by molar-refractivity contribution is -0.122. The molecule has 0 bridgehead atoms. The molecule has 3 atom stereocenters. The van der Waals surface area contributed by atoms with Gasteiger partial charge in [-0.1, -0.05) is 42.5 Å². The van der Waals surface area contributed by atoms with Crippen LogP contribution in [0.15, 0.2) is 73.3 Å². The number of amides is 2. The fraction of sp³-hybridized carbons (Fsp3) is 0.370. The number of piperidine rings is 1. The van der Waals surface area contributed by atoms with Crippen molar-refractivity contribution in [1.82, 2.24) is 24.7 Å². The molecule has 0 radical (unpaired) electrons. The lowest BCUT2D eigenvalue weighted by Gasteiger charge is -2.45. The van der Waals surface area contributed by atoms with Gasteiger partial charge in [-0.25, -0.2) is 4.98 Å². The highest BCUT2D eigenvalue weighted by Gasteiger charge is 2.55. The molecule has 0 aliphatic carbocycles. The molecular formula is C27H31N5O2. The molecule has 0 saturated carbocycles. The number of aromatic nitrogens is 2. The molecule has 2 aromatic carbocycles.